The summed E-state index contributed by atoms with van der Waals surface area (Å²) in [6.45, 7) is 2.21. The van der Waals surface area contributed by atoms with Gasteiger partial charge in [0.25, 0.3) is 11.7 Å². The van der Waals surface area contributed by atoms with Crippen molar-refractivity contribution < 1.29 is 14.0 Å². The van der Waals surface area contributed by atoms with E-state index in [0.29, 0.717) is 29.4 Å². The summed E-state index contributed by atoms with van der Waals surface area (Å²) in [5.74, 6) is -1.39. The Kier molecular flexibility index (Phi) is 6.48. The van der Waals surface area contributed by atoms with Gasteiger partial charge in [0.1, 0.15) is 17.5 Å². The van der Waals surface area contributed by atoms with E-state index in [1.807, 2.05) is 48.5 Å². The number of halogens is 1. The summed E-state index contributed by atoms with van der Waals surface area (Å²) in [6, 6.07) is 18.9. The number of ketones is 1. The van der Waals surface area contributed by atoms with Crippen LogP contribution in [0.15, 0.2) is 67.0 Å². The molecule has 1 N–H and O–H groups in total. The second-order valence-corrected chi connectivity index (χ2v) is 9.99. The number of fused-ring (bicyclic) bond motifs is 3. The van der Waals surface area contributed by atoms with Crippen LogP contribution in [0.4, 0.5) is 21.7 Å². The minimum absolute atomic E-state index is 0.170. The molecule has 6 rings (SSSR count). The van der Waals surface area contributed by atoms with Crippen LogP contribution in [-0.4, -0.2) is 51.9 Å². The van der Waals surface area contributed by atoms with Crippen LogP contribution in [0.2, 0.25) is 0 Å². The van der Waals surface area contributed by atoms with Crippen LogP contribution >= 0.6 is 0 Å². The number of nitrogens with zero attached hydrogens (tertiary/aromatic N) is 6. The van der Waals surface area contributed by atoms with Crippen molar-refractivity contribution in [3.05, 3.63) is 89.8 Å². The first-order valence-electron chi connectivity index (χ1n) is 13.1. The minimum atomic E-state index is -0.760. The highest BCUT2D eigenvalue weighted by molar-refractivity contribution is 6.47. The maximum atomic E-state index is 13.4. The van der Waals surface area contributed by atoms with Crippen molar-refractivity contribution >= 4 is 29.0 Å². The Bertz CT molecular complexity index is 1640. The van der Waals surface area contributed by atoms with Crippen LogP contribution in [0, 0.1) is 17.1 Å². The van der Waals surface area contributed by atoms with Crippen LogP contribution < -0.4 is 15.1 Å². The first-order chi connectivity index (χ1) is 19.4. The third kappa shape index (κ3) is 4.56. The predicted molar refractivity (Wildman–Crippen MR) is 149 cm³/mol. The molecule has 1 atom stereocenters. The second-order valence-electron chi connectivity index (χ2n) is 9.99. The van der Waals surface area contributed by atoms with E-state index >= 15 is 0 Å². The molecule has 4 aromatic rings. The van der Waals surface area contributed by atoms with E-state index < -0.39 is 17.5 Å². The lowest BCUT2D eigenvalue weighted by molar-refractivity contribution is -0.112. The van der Waals surface area contributed by atoms with Gasteiger partial charge in [0.15, 0.2) is 5.82 Å². The highest BCUT2D eigenvalue weighted by atomic mass is 19.1. The summed E-state index contributed by atoms with van der Waals surface area (Å²) in [5, 5.41) is 12.3. The lowest BCUT2D eigenvalue weighted by Crippen LogP contribution is -2.55. The number of benzene rings is 2. The van der Waals surface area contributed by atoms with Crippen molar-refractivity contribution in [2.75, 3.05) is 34.8 Å². The number of carbonyl (C=O) groups excluding carboxylic acids is 2. The number of amides is 1. The van der Waals surface area contributed by atoms with E-state index in [1.54, 1.807) is 13.1 Å². The maximum absolute atomic E-state index is 13.4. The van der Waals surface area contributed by atoms with Gasteiger partial charge in [-0.1, -0.05) is 30.3 Å². The summed E-state index contributed by atoms with van der Waals surface area (Å²) >= 11 is 0. The number of piperazine rings is 1. The topological polar surface area (TPSA) is 107 Å². The number of nitriles is 1. The molecule has 200 valence electrons. The Morgan fingerprint density at radius 1 is 1.07 bits per heavy atom. The largest absolute Gasteiger partial charge is 0.365 e. The number of carbonyl (C=O) groups is 2. The normalized spacial score (nSPS) is 16.1. The van der Waals surface area contributed by atoms with Gasteiger partial charge in [-0.05, 0) is 48.2 Å². The molecule has 9 nitrogen and oxygen atoms in total. The summed E-state index contributed by atoms with van der Waals surface area (Å²) < 4.78 is 14.7. The van der Waals surface area contributed by atoms with Gasteiger partial charge in [-0.3, -0.25) is 9.59 Å². The highest BCUT2D eigenvalue weighted by Crippen LogP contribution is 2.35. The van der Waals surface area contributed by atoms with Crippen molar-refractivity contribution in [1.82, 2.24) is 14.5 Å². The van der Waals surface area contributed by atoms with E-state index in [9.17, 15) is 19.2 Å². The monoisotopic (exact) mass is 535 g/mol. The first-order valence-corrected chi connectivity index (χ1v) is 13.1. The van der Waals surface area contributed by atoms with Crippen LogP contribution in [0.1, 0.15) is 28.2 Å². The molecular weight excluding hydrogens is 509 g/mol. The van der Waals surface area contributed by atoms with Gasteiger partial charge in [0.2, 0.25) is 5.95 Å². The van der Waals surface area contributed by atoms with Crippen molar-refractivity contribution in [2.45, 2.75) is 18.9 Å². The third-order valence-corrected chi connectivity index (χ3v) is 7.62. The molecule has 2 aromatic carbocycles. The average Bonchev–Trinajstić information content (AvgIpc) is 3.33. The molecule has 4 heterocycles. The zero-order chi connectivity index (χ0) is 27.8. The first kappa shape index (κ1) is 25.2. The summed E-state index contributed by atoms with van der Waals surface area (Å²) in [5.41, 5.74) is 4.52. The van der Waals surface area contributed by atoms with Gasteiger partial charge in [0, 0.05) is 49.7 Å². The molecule has 2 aliphatic rings. The van der Waals surface area contributed by atoms with Gasteiger partial charge < -0.3 is 19.7 Å². The molecule has 10 heteroatoms. The quantitative estimate of drug-likeness (QED) is 0.305. The molecule has 0 saturated carbocycles. The lowest BCUT2D eigenvalue weighted by Gasteiger charge is -2.46. The number of nitrogens with one attached hydrogen (secondary N) is 1. The summed E-state index contributed by atoms with van der Waals surface area (Å²) in [7, 11) is 1.61. The van der Waals surface area contributed by atoms with E-state index in [4.69, 9.17) is 0 Å². The molecule has 1 amide bonds. The van der Waals surface area contributed by atoms with Gasteiger partial charge in [0.05, 0.1) is 12.4 Å². The Hall–Kier alpha value is -5.04. The third-order valence-electron chi connectivity index (χ3n) is 7.62. The fourth-order valence-electron chi connectivity index (χ4n) is 5.65. The van der Waals surface area contributed by atoms with Gasteiger partial charge in [-0.25, -0.2) is 14.4 Å². The number of hydrogen-bond donors (Lipinski definition) is 1. The molecule has 0 bridgehead atoms. The molecule has 1 fully saturated rings. The van der Waals surface area contributed by atoms with E-state index in [0.717, 1.165) is 42.7 Å². The smallest absolute Gasteiger partial charge is 0.298 e. The van der Waals surface area contributed by atoms with E-state index in [2.05, 4.69) is 31.2 Å². The number of aromatic nitrogens is 3. The van der Waals surface area contributed by atoms with E-state index in [-0.39, 0.29) is 11.7 Å². The number of hydrogen-bond acceptors (Lipinski definition) is 7. The Labute approximate surface area is 230 Å². The zero-order valence-electron chi connectivity index (χ0n) is 21.8. The SMILES string of the molecule is Cn1c(C#N)cc(-c2ccccc2)c1C(=O)C(=O)Nc1ccc2c(c1)CCC1CN(c3ncc(F)cn3)CCN21. The lowest BCUT2D eigenvalue weighted by atomic mass is 9.93. The standard InChI is InChI=1S/C30H26FN7O2/c1-36-24(15-32)14-25(19-5-3-2-4-6-19)27(36)28(39)29(40)35-22-8-10-26-20(13-22)7-9-23-18-37(11-12-38(23)26)30-33-16-21(31)17-34-30/h2-6,8,10,13-14,16-17,23H,7,9,11-12,18H2,1H3,(H,35,40). The number of rotatable bonds is 5. The predicted octanol–water partition coefficient (Wildman–Crippen LogP) is 3.96. The molecule has 0 spiro atoms. The Morgan fingerprint density at radius 3 is 2.60 bits per heavy atom. The van der Waals surface area contributed by atoms with Crippen molar-refractivity contribution in [1.29, 1.82) is 5.26 Å². The van der Waals surface area contributed by atoms with E-state index in [1.165, 1.54) is 17.0 Å². The van der Waals surface area contributed by atoms with Crippen LogP contribution in [0.3, 0.4) is 0 Å². The molecule has 1 unspecified atom stereocenters. The number of Topliss-reactive ketones (excluding diaryl/α,β-unsaturated/α-hetero) is 1. The zero-order valence-corrected chi connectivity index (χ0v) is 21.8. The van der Waals surface area contributed by atoms with Gasteiger partial charge in [-0.2, -0.15) is 5.26 Å². The molecule has 0 radical (unpaired) electrons. The molecular formula is C30H26FN7O2. The van der Waals surface area contributed by atoms with Gasteiger partial charge >= 0.3 is 0 Å². The molecule has 40 heavy (non-hydrogen) atoms. The highest BCUT2D eigenvalue weighted by Gasteiger charge is 2.33. The Balaban J connectivity index is 1.19. The summed E-state index contributed by atoms with van der Waals surface area (Å²) in [6.07, 6.45) is 4.10. The van der Waals surface area contributed by atoms with Crippen LogP contribution in [0.25, 0.3) is 11.1 Å². The fraction of sp³-hybridized carbons (Fsp3) is 0.233. The molecule has 2 aliphatic heterocycles. The minimum Gasteiger partial charge on any atom is -0.365 e. The van der Waals surface area contributed by atoms with Crippen LogP contribution in [-0.2, 0) is 18.3 Å². The molecule has 0 aliphatic carbocycles. The van der Waals surface area contributed by atoms with Crippen LogP contribution in [0.5, 0.6) is 0 Å². The second kappa shape index (κ2) is 10.3. The van der Waals surface area contributed by atoms with Crippen molar-refractivity contribution in [3.63, 3.8) is 0 Å². The van der Waals surface area contributed by atoms with Crippen molar-refractivity contribution in [3.8, 4) is 17.2 Å². The number of aryl methyl sites for hydroxylation is 1. The van der Waals surface area contributed by atoms with Crippen molar-refractivity contribution in [2.24, 2.45) is 7.05 Å². The summed E-state index contributed by atoms with van der Waals surface area (Å²) in [4.78, 5) is 39.2. The fourth-order valence-corrected chi connectivity index (χ4v) is 5.65. The van der Waals surface area contributed by atoms with Gasteiger partial charge in [-0.15, -0.1) is 0 Å². The number of anilines is 3. The molecule has 1 saturated heterocycles. The maximum Gasteiger partial charge on any atom is 0.298 e. The molecule has 2 aromatic heterocycles. The Morgan fingerprint density at radius 2 is 1.85 bits per heavy atom. The average molecular weight is 536 g/mol.